The standard InChI is InChI=1S/C39H35ClFNO5/c1-25(34(30-14-16-33(40)17-15-30)20-26-12-18-36(41)35(21-26)29-8-3-2-4-9-29)42(37(43)22-32(39(46)47)23-38(44)45)24-27-11-13-28-7-5-6-10-31(28)19-27/h2-19,21,25,32,34H,20,22-24H2,1H3,(H,44,45)(H,46,47). The van der Waals surface area contributed by atoms with Gasteiger partial charge >= 0.3 is 11.9 Å². The third-order valence-electron chi connectivity index (χ3n) is 8.62. The van der Waals surface area contributed by atoms with E-state index in [1.165, 1.54) is 6.07 Å². The molecule has 1 amide bonds. The van der Waals surface area contributed by atoms with Crippen molar-refractivity contribution >= 4 is 40.2 Å². The fourth-order valence-electron chi connectivity index (χ4n) is 6.07. The monoisotopic (exact) mass is 651 g/mol. The van der Waals surface area contributed by atoms with Gasteiger partial charge in [-0.25, -0.2) is 4.39 Å². The minimum Gasteiger partial charge on any atom is -0.481 e. The Morgan fingerprint density at radius 2 is 1.43 bits per heavy atom. The summed E-state index contributed by atoms with van der Waals surface area (Å²) in [6.45, 7) is 2.08. The van der Waals surface area contributed by atoms with Crippen LogP contribution in [0.1, 0.15) is 42.4 Å². The molecule has 47 heavy (non-hydrogen) atoms. The highest BCUT2D eigenvalue weighted by atomic mass is 35.5. The molecule has 0 fully saturated rings. The molecule has 0 spiro atoms. The lowest BCUT2D eigenvalue weighted by Crippen LogP contribution is -2.43. The average molecular weight is 652 g/mol. The Balaban J connectivity index is 1.55. The Kier molecular flexibility index (Phi) is 10.7. The first-order chi connectivity index (χ1) is 22.6. The van der Waals surface area contributed by atoms with Gasteiger partial charge in [-0.3, -0.25) is 14.4 Å². The molecule has 3 unspecified atom stereocenters. The first kappa shape index (κ1) is 33.4. The number of carbonyl (C=O) groups excluding carboxylic acids is 1. The van der Waals surface area contributed by atoms with E-state index in [4.69, 9.17) is 11.6 Å². The first-order valence-electron chi connectivity index (χ1n) is 15.4. The molecule has 8 heteroatoms. The highest BCUT2D eigenvalue weighted by Crippen LogP contribution is 2.33. The lowest BCUT2D eigenvalue weighted by molar-refractivity contribution is -0.151. The number of hydrogen-bond donors (Lipinski definition) is 2. The van der Waals surface area contributed by atoms with Crippen LogP contribution in [-0.4, -0.2) is 39.0 Å². The Labute approximate surface area is 278 Å². The van der Waals surface area contributed by atoms with Crippen LogP contribution in [0.25, 0.3) is 21.9 Å². The van der Waals surface area contributed by atoms with Gasteiger partial charge in [0.15, 0.2) is 0 Å². The van der Waals surface area contributed by atoms with Crippen LogP contribution >= 0.6 is 11.6 Å². The quantitative estimate of drug-likeness (QED) is 0.133. The predicted octanol–water partition coefficient (Wildman–Crippen LogP) is 8.61. The number of halogens is 2. The Morgan fingerprint density at radius 3 is 2.11 bits per heavy atom. The molecule has 0 heterocycles. The Morgan fingerprint density at radius 1 is 0.766 bits per heavy atom. The fourth-order valence-corrected chi connectivity index (χ4v) is 6.19. The van der Waals surface area contributed by atoms with Gasteiger partial charge in [-0.1, -0.05) is 96.5 Å². The second-order valence-electron chi connectivity index (χ2n) is 11.8. The van der Waals surface area contributed by atoms with E-state index >= 15 is 4.39 Å². The van der Waals surface area contributed by atoms with Crippen molar-refractivity contribution in [1.29, 1.82) is 0 Å². The molecule has 0 radical (unpaired) electrons. The number of amides is 1. The molecule has 240 valence electrons. The lowest BCUT2D eigenvalue weighted by atomic mass is 9.84. The summed E-state index contributed by atoms with van der Waals surface area (Å²) < 4.78 is 15.0. The van der Waals surface area contributed by atoms with Crippen LogP contribution < -0.4 is 0 Å². The van der Waals surface area contributed by atoms with Gasteiger partial charge in [-0.2, -0.15) is 0 Å². The molecule has 0 aliphatic rings. The number of aliphatic carboxylic acids is 2. The zero-order chi connectivity index (χ0) is 33.5. The van der Waals surface area contributed by atoms with Crippen molar-refractivity contribution in [3.05, 3.63) is 143 Å². The number of nitrogens with zero attached hydrogens (tertiary/aromatic N) is 1. The molecular weight excluding hydrogens is 617 g/mol. The van der Waals surface area contributed by atoms with Crippen molar-refractivity contribution in [3.63, 3.8) is 0 Å². The lowest BCUT2D eigenvalue weighted by Gasteiger charge is -2.36. The zero-order valence-electron chi connectivity index (χ0n) is 25.9. The van der Waals surface area contributed by atoms with E-state index in [1.54, 1.807) is 23.1 Å². The van der Waals surface area contributed by atoms with Crippen molar-refractivity contribution in [2.75, 3.05) is 0 Å². The molecule has 5 rings (SSSR count). The summed E-state index contributed by atoms with van der Waals surface area (Å²) in [5.41, 5.74) is 3.80. The van der Waals surface area contributed by atoms with Gasteiger partial charge in [0.1, 0.15) is 5.82 Å². The zero-order valence-corrected chi connectivity index (χ0v) is 26.6. The smallest absolute Gasteiger partial charge is 0.307 e. The summed E-state index contributed by atoms with van der Waals surface area (Å²) in [6, 6.07) is 34.9. The van der Waals surface area contributed by atoms with E-state index in [0.717, 1.165) is 33.0 Å². The van der Waals surface area contributed by atoms with Crippen LogP contribution in [-0.2, 0) is 27.3 Å². The van der Waals surface area contributed by atoms with Gasteiger partial charge in [0, 0.05) is 35.5 Å². The minimum absolute atomic E-state index is 0.174. The molecule has 0 saturated carbocycles. The average Bonchev–Trinajstić information content (AvgIpc) is 3.06. The summed E-state index contributed by atoms with van der Waals surface area (Å²) >= 11 is 6.25. The molecule has 2 N–H and O–H groups in total. The maximum Gasteiger partial charge on any atom is 0.307 e. The third kappa shape index (κ3) is 8.43. The van der Waals surface area contributed by atoms with Crippen LogP contribution in [0, 0.1) is 11.7 Å². The first-order valence-corrected chi connectivity index (χ1v) is 15.8. The van der Waals surface area contributed by atoms with E-state index < -0.39 is 42.6 Å². The molecule has 0 aliphatic carbocycles. The minimum atomic E-state index is -1.38. The summed E-state index contributed by atoms with van der Waals surface area (Å²) in [5.74, 6) is -5.14. The second kappa shape index (κ2) is 15.1. The van der Waals surface area contributed by atoms with Gasteiger partial charge in [0.25, 0.3) is 0 Å². The molecular formula is C39H35ClFNO5. The van der Waals surface area contributed by atoms with Crippen molar-refractivity contribution in [2.45, 2.75) is 44.7 Å². The van der Waals surface area contributed by atoms with Crippen LogP contribution in [0.5, 0.6) is 0 Å². The van der Waals surface area contributed by atoms with Crippen molar-refractivity contribution < 1.29 is 29.0 Å². The van der Waals surface area contributed by atoms with Crippen molar-refractivity contribution in [1.82, 2.24) is 4.90 Å². The molecule has 0 aromatic heterocycles. The number of rotatable bonds is 13. The summed E-state index contributed by atoms with van der Waals surface area (Å²) in [5, 5.41) is 21.7. The molecule has 0 bridgehead atoms. The molecule has 0 saturated heterocycles. The number of carbonyl (C=O) groups is 3. The van der Waals surface area contributed by atoms with Crippen LogP contribution in [0.2, 0.25) is 5.02 Å². The van der Waals surface area contributed by atoms with Gasteiger partial charge < -0.3 is 15.1 Å². The summed E-state index contributed by atoms with van der Waals surface area (Å²) in [4.78, 5) is 39.2. The van der Waals surface area contributed by atoms with E-state index in [-0.39, 0.29) is 18.3 Å². The van der Waals surface area contributed by atoms with Gasteiger partial charge in [0.2, 0.25) is 5.91 Å². The third-order valence-corrected chi connectivity index (χ3v) is 8.87. The molecule has 6 nitrogen and oxygen atoms in total. The van der Waals surface area contributed by atoms with E-state index in [2.05, 4.69) is 0 Å². The van der Waals surface area contributed by atoms with Gasteiger partial charge in [-0.15, -0.1) is 0 Å². The highest BCUT2D eigenvalue weighted by Gasteiger charge is 2.33. The number of hydrogen-bond acceptors (Lipinski definition) is 3. The van der Waals surface area contributed by atoms with Crippen LogP contribution in [0.4, 0.5) is 4.39 Å². The van der Waals surface area contributed by atoms with E-state index in [9.17, 15) is 24.6 Å². The van der Waals surface area contributed by atoms with Crippen LogP contribution in [0.15, 0.2) is 115 Å². The normalized spacial score (nSPS) is 13.1. The maximum atomic E-state index is 15.0. The maximum absolute atomic E-state index is 15.0. The van der Waals surface area contributed by atoms with E-state index in [0.29, 0.717) is 17.0 Å². The largest absolute Gasteiger partial charge is 0.481 e. The van der Waals surface area contributed by atoms with E-state index in [1.807, 2.05) is 97.9 Å². The van der Waals surface area contributed by atoms with Gasteiger partial charge in [0.05, 0.1) is 12.3 Å². The number of carboxylic acids is 2. The number of fused-ring (bicyclic) bond motifs is 1. The van der Waals surface area contributed by atoms with Crippen LogP contribution in [0.3, 0.4) is 0 Å². The topological polar surface area (TPSA) is 94.9 Å². The van der Waals surface area contributed by atoms with Crippen molar-refractivity contribution in [2.24, 2.45) is 5.92 Å². The highest BCUT2D eigenvalue weighted by molar-refractivity contribution is 6.30. The second-order valence-corrected chi connectivity index (χ2v) is 12.3. The Bertz CT molecular complexity index is 1880. The molecule has 0 aliphatic heterocycles. The number of benzene rings is 5. The summed E-state index contributed by atoms with van der Waals surface area (Å²) in [6.07, 6.45) is -0.707. The number of carboxylic acid groups (broad SMARTS) is 2. The predicted molar refractivity (Wildman–Crippen MR) is 182 cm³/mol. The fraction of sp³-hybridized carbons (Fsp3) is 0.205. The molecule has 5 aromatic carbocycles. The van der Waals surface area contributed by atoms with Gasteiger partial charge in [-0.05, 0) is 76.7 Å². The SMILES string of the molecule is CC(C(Cc1ccc(F)c(-c2ccccc2)c1)c1ccc(Cl)cc1)N(Cc1ccc2ccccc2c1)C(=O)CC(CC(=O)O)C(=O)O. The summed E-state index contributed by atoms with van der Waals surface area (Å²) in [7, 11) is 0. The molecule has 5 aromatic rings. The molecule has 3 atom stereocenters. The van der Waals surface area contributed by atoms with Crippen molar-refractivity contribution in [3.8, 4) is 11.1 Å². The Hall–Kier alpha value is -5.01.